The molecule has 4 heteroatoms. The van der Waals surface area contributed by atoms with Gasteiger partial charge in [0.15, 0.2) is 0 Å². The highest BCUT2D eigenvalue weighted by atomic mass is 15.3. The van der Waals surface area contributed by atoms with Crippen molar-refractivity contribution in [2.24, 2.45) is 11.3 Å². The van der Waals surface area contributed by atoms with Crippen LogP contribution in [0.1, 0.15) is 191 Å². The van der Waals surface area contributed by atoms with Gasteiger partial charge in [0.1, 0.15) is 0 Å². The number of hydrogen-bond donors (Lipinski definition) is 0. The van der Waals surface area contributed by atoms with Crippen LogP contribution in [0.5, 0.6) is 0 Å². The van der Waals surface area contributed by atoms with Crippen molar-refractivity contribution in [1.82, 2.24) is 0 Å². The van der Waals surface area contributed by atoms with Crippen molar-refractivity contribution in [1.29, 1.82) is 0 Å². The fourth-order valence-electron chi connectivity index (χ4n) is 13.2. The molecule has 1 aliphatic carbocycles. The van der Waals surface area contributed by atoms with Crippen LogP contribution in [0.3, 0.4) is 0 Å². The second-order valence-electron chi connectivity index (χ2n) is 29.4. The van der Waals surface area contributed by atoms with Crippen molar-refractivity contribution in [3.05, 3.63) is 149 Å². The molecule has 3 atom stereocenters. The standard InChI is InChI=1S/C68H86BN3/c1-61(2,3)43-21-27-49(28-22-43)70-56-34-26-46(64(10,11)12)38-54(56)69-53-32-31-51(72-55-33-25-45(63(7,8)9)37-52(55)67(19)42-47(65(13,14)15)35-36-68(67,72)20)41-57(53)71(50-29-23-44(24-30-50)62(4,5)6)59-40-48(66(16,17)18)39-58(70)60(59)69/h21-34,37-41,47H,35-36,42H2,1-20H3. The van der Waals surface area contributed by atoms with E-state index in [2.05, 4.69) is 268 Å². The van der Waals surface area contributed by atoms with Crippen LogP contribution in [0.4, 0.5) is 45.5 Å². The van der Waals surface area contributed by atoms with E-state index in [1.54, 1.807) is 0 Å². The van der Waals surface area contributed by atoms with Crippen LogP contribution in [0.15, 0.2) is 115 Å². The first-order valence-electron chi connectivity index (χ1n) is 27.5. The van der Waals surface area contributed by atoms with E-state index in [4.69, 9.17) is 0 Å². The zero-order valence-electron chi connectivity index (χ0n) is 48.1. The number of rotatable bonds is 3. The summed E-state index contributed by atoms with van der Waals surface area (Å²) in [5.74, 6) is 0.639. The SMILES string of the molecule is CC(C)(C)c1ccc(N2c3ccc(C(C)(C)C)cc3B3c4ccc(N5c6ccc(C(C)(C)C)cc6C6(C)CC(C(C)(C)C)CCC56C)cc4N(c4ccc(C(C)(C)C)cc4)c4cc(C(C)(C)C)cc2c43)cc1. The van der Waals surface area contributed by atoms with Crippen LogP contribution in [0, 0.1) is 11.3 Å². The average molecular weight is 956 g/mol. The lowest BCUT2D eigenvalue weighted by Gasteiger charge is -2.54. The van der Waals surface area contributed by atoms with Crippen LogP contribution in [0.25, 0.3) is 0 Å². The second kappa shape index (κ2) is 16.1. The number of anilines is 8. The molecule has 376 valence electrons. The minimum atomic E-state index is -0.123. The van der Waals surface area contributed by atoms with Gasteiger partial charge in [0.25, 0.3) is 6.71 Å². The molecule has 0 spiro atoms. The number of nitrogens with zero attached hydrogens (tertiary/aromatic N) is 3. The maximum Gasteiger partial charge on any atom is 0.252 e. The molecule has 3 heterocycles. The van der Waals surface area contributed by atoms with Gasteiger partial charge in [-0.2, -0.15) is 0 Å². The first-order valence-corrected chi connectivity index (χ1v) is 27.5. The predicted octanol–water partition coefficient (Wildman–Crippen LogP) is 17.3. The van der Waals surface area contributed by atoms with E-state index < -0.39 is 0 Å². The third kappa shape index (κ3) is 7.98. The Hall–Kier alpha value is -5.22. The van der Waals surface area contributed by atoms with Crippen LogP contribution in [-0.4, -0.2) is 12.3 Å². The van der Waals surface area contributed by atoms with Crippen molar-refractivity contribution in [3.63, 3.8) is 0 Å². The number of hydrogen-bond acceptors (Lipinski definition) is 3. The minimum absolute atomic E-state index is 0.0175. The van der Waals surface area contributed by atoms with Crippen LogP contribution in [0.2, 0.25) is 0 Å². The third-order valence-electron chi connectivity index (χ3n) is 18.3. The molecule has 3 unspecified atom stereocenters. The quantitative estimate of drug-likeness (QED) is 0.163. The van der Waals surface area contributed by atoms with Gasteiger partial charge < -0.3 is 14.7 Å². The monoisotopic (exact) mass is 956 g/mol. The highest BCUT2D eigenvalue weighted by molar-refractivity contribution is 7.00. The highest BCUT2D eigenvalue weighted by Crippen LogP contribution is 2.64. The lowest BCUT2D eigenvalue weighted by atomic mass is 9.33. The zero-order chi connectivity index (χ0) is 52.3. The molecule has 10 rings (SSSR count). The van der Waals surface area contributed by atoms with Gasteiger partial charge >= 0.3 is 0 Å². The van der Waals surface area contributed by atoms with Gasteiger partial charge in [-0.3, -0.25) is 0 Å². The summed E-state index contributed by atoms with van der Waals surface area (Å²) in [6, 6.07) is 46.7. The smallest absolute Gasteiger partial charge is 0.252 e. The summed E-state index contributed by atoms with van der Waals surface area (Å²) >= 11 is 0. The normalized spacial score (nSPS) is 21.0. The molecule has 6 aromatic carbocycles. The van der Waals surface area contributed by atoms with E-state index in [1.807, 2.05) is 0 Å². The summed E-state index contributed by atoms with van der Waals surface area (Å²) in [5.41, 5.74) is 22.6. The maximum atomic E-state index is 2.82. The van der Waals surface area contributed by atoms with Crippen molar-refractivity contribution in [2.45, 2.75) is 196 Å². The summed E-state index contributed by atoms with van der Waals surface area (Å²) in [6.45, 7) is 47.9. The predicted molar refractivity (Wildman–Crippen MR) is 315 cm³/mol. The topological polar surface area (TPSA) is 9.72 Å². The molecule has 72 heavy (non-hydrogen) atoms. The van der Waals surface area contributed by atoms with Crippen molar-refractivity contribution >= 4 is 68.6 Å². The molecule has 0 saturated heterocycles. The fourth-order valence-corrected chi connectivity index (χ4v) is 13.2. The lowest BCUT2D eigenvalue weighted by molar-refractivity contribution is 0.0786. The maximum absolute atomic E-state index is 2.82. The molecule has 0 bridgehead atoms. The fraction of sp³-hybridized carbons (Fsp3) is 0.471. The van der Waals surface area contributed by atoms with Gasteiger partial charge in [0.05, 0.1) is 5.54 Å². The van der Waals surface area contributed by atoms with Crippen LogP contribution >= 0.6 is 0 Å². The van der Waals surface area contributed by atoms with E-state index in [0.717, 1.165) is 6.42 Å². The van der Waals surface area contributed by atoms with E-state index in [-0.39, 0.29) is 50.2 Å². The van der Waals surface area contributed by atoms with Gasteiger partial charge in [-0.25, -0.2) is 0 Å². The molecule has 0 aromatic heterocycles. The molecule has 6 aromatic rings. The molecule has 3 nitrogen and oxygen atoms in total. The van der Waals surface area contributed by atoms with Gasteiger partial charge in [-0.05, 0) is 175 Å². The number of benzene rings is 6. The minimum Gasteiger partial charge on any atom is -0.334 e. The van der Waals surface area contributed by atoms with E-state index >= 15 is 0 Å². The van der Waals surface area contributed by atoms with Gasteiger partial charge in [-0.1, -0.05) is 186 Å². The summed E-state index contributed by atoms with van der Waals surface area (Å²) in [7, 11) is 0. The van der Waals surface area contributed by atoms with Gasteiger partial charge in [-0.15, -0.1) is 0 Å². The van der Waals surface area contributed by atoms with E-state index in [1.165, 1.54) is 108 Å². The van der Waals surface area contributed by atoms with Crippen molar-refractivity contribution in [3.8, 4) is 0 Å². The largest absolute Gasteiger partial charge is 0.334 e. The van der Waals surface area contributed by atoms with Gasteiger partial charge in [0.2, 0.25) is 0 Å². The first-order chi connectivity index (χ1) is 33.2. The molecule has 0 N–H and O–H groups in total. The summed E-state index contributed by atoms with van der Waals surface area (Å²) < 4.78 is 0. The molecule has 1 saturated carbocycles. The van der Waals surface area contributed by atoms with E-state index in [9.17, 15) is 0 Å². The Kier molecular flexibility index (Phi) is 11.3. The Morgan fingerprint density at radius 3 is 1.35 bits per heavy atom. The molecule has 1 fully saturated rings. The Balaban J connectivity index is 1.28. The Bertz CT molecular complexity index is 3100. The highest BCUT2D eigenvalue weighted by Gasteiger charge is 2.60. The van der Waals surface area contributed by atoms with Crippen LogP contribution < -0.4 is 31.1 Å². The first kappa shape index (κ1) is 50.3. The van der Waals surface area contributed by atoms with Crippen molar-refractivity contribution in [2.75, 3.05) is 14.7 Å². The Morgan fingerprint density at radius 1 is 0.417 bits per heavy atom. The van der Waals surface area contributed by atoms with Gasteiger partial charge in [0, 0.05) is 50.9 Å². The summed E-state index contributed by atoms with van der Waals surface area (Å²) in [6.07, 6.45) is 3.54. The number of fused-ring (bicyclic) bond motifs is 7. The summed E-state index contributed by atoms with van der Waals surface area (Å²) in [4.78, 5) is 8.07. The Morgan fingerprint density at radius 2 is 0.861 bits per heavy atom. The molecular formula is C68H86BN3. The molecule has 4 aliphatic rings. The lowest BCUT2D eigenvalue weighted by Crippen LogP contribution is -2.62. The van der Waals surface area contributed by atoms with Crippen molar-refractivity contribution < 1.29 is 0 Å². The molecule has 3 aliphatic heterocycles. The van der Waals surface area contributed by atoms with Crippen LogP contribution in [-0.2, 0) is 32.5 Å². The second-order valence-corrected chi connectivity index (χ2v) is 29.4. The molecule has 0 radical (unpaired) electrons. The third-order valence-corrected chi connectivity index (χ3v) is 18.3. The average Bonchev–Trinajstić information content (AvgIpc) is 3.48. The Labute approximate surface area is 436 Å². The molecule has 0 amide bonds. The zero-order valence-corrected chi connectivity index (χ0v) is 48.1. The summed E-state index contributed by atoms with van der Waals surface area (Å²) in [5, 5.41) is 0. The molecular weight excluding hydrogens is 870 g/mol. The van der Waals surface area contributed by atoms with E-state index in [0.29, 0.717) is 5.92 Å².